The number of esters is 1. The number of hydrogen-bond donors (Lipinski definition) is 1. The first kappa shape index (κ1) is 17.3. The molecule has 1 N–H and O–H groups in total. The highest BCUT2D eigenvalue weighted by molar-refractivity contribution is 5.94. The number of nitrogens with one attached hydrogen (secondary N) is 1. The van der Waals surface area contributed by atoms with E-state index in [-0.39, 0.29) is 23.4 Å². The fourth-order valence-corrected chi connectivity index (χ4v) is 4.11. The minimum absolute atomic E-state index is 0.0275. The molecule has 1 aromatic carbocycles. The van der Waals surface area contributed by atoms with Gasteiger partial charge in [-0.2, -0.15) is 0 Å². The van der Waals surface area contributed by atoms with Gasteiger partial charge in [0.15, 0.2) is 0 Å². The lowest BCUT2D eigenvalue weighted by Gasteiger charge is -2.42. The van der Waals surface area contributed by atoms with Crippen LogP contribution in [0.1, 0.15) is 28.4 Å². The topological polar surface area (TPSA) is 80.6 Å². The summed E-state index contributed by atoms with van der Waals surface area (Å²) in [5, 5.41) is 2.87. The van der Waals surface area contributed by atoms with E-state index in [2.05, 4.69) is 5.32 Å². The van der Waals surface area contributed by atoms with Crippen molar-refractivity contribution in [3.63, 3.8) is 0 Å². The Morgan fingerprint density at radius 3 is 2.74 bits per heavy atom. The Balaban J connectivity index is 1.50. The van der Waals surface area contributed by atoms with Crippen LogP contribution in [-0.4, -0.2) is 41.7 Å². The monoisotopic (exact) mass is 367 g/mol. The zero-order valence-electron chi connectivity index (χ0n) is 15.1. The number of urea groups is 1. The van der Waals surface area contributed by atoms with Gasteiger partial charge < -0.3 is 19.5 Å². The number of aromatic nitrogens is 1. The summed E-state index contributed by atoms with van der Waals surface area (Å²) < 4.78 is 6.56. The third-order valence-electron chi connectivity index (χ3n) is 5.30. The summed E-state index contributed by atoms with van der Waals surface area (Å²) in [4.78, 5) is 38.3. The maximum absolute atomic E-state index is 12.8. The highest BCUT2D eigenvalue weighted by Crippen LogP contribution is 2.35. The van der Waals surface area contributed by atoms with Crippen LogP contribution in [-0.2, 0) is 11.3 Å². The normalized spacial score (nSPS) is 20.6. The molecule has 27 heavy (non-hydrogen) atoms. The van der Waals surface area contributed by atoms with Crippen LogP contribution in [0.4, 0.5) is 10.5 Å². The van der Waals surface area contributed by atoms with E-state index in [0.29, 0.717) is 30.9 Å². The van der Waals surface area contributed by atoms with Crippen molar-refractivity contribution in [3.8, 4) is 0 Å². The molecular formula is C20H21N3O4. The summed E-state index contributed by atoms with van der Waals surface area (Å²) in [6, 6.07) is 11.8. The lowest BCUT2D eigenvalue weighted by molar-refractivity contribution is 0.0600. The van der Waals surface area contributed by atoms with E-state index in [4.69, 9.17) is 4.74 Å². The second-order valence-electron chi connectivity index (χ2n) is 7.11. The van der Waals surface area contributed by atoms with Gasteiger partial charge in [-0.25, -0.2) is 9.59 Å². The number of amides is 2. The van der Waals surface area contributed by atoms with Crippen molar-refractivity contribution in [1.82, 2.24) is 9.47 Å². The summed E-state index contributed by atoms with van der Waals surface area (Å²) >= 11 is 0. The van der Waals surface area contributed by atoms with Crippen LogP contribution in [0.3, 0.4) is 0 Å². The molecule has 7 heteroatoms. The van der Waals surface area contributed by atoms with Crippen molar-refractivity contribution < 1.29 is 14.3 Å². The Bertz CT molecular complexity index is 952. The van der Waals surface area contributed by atoms with Crippen molar-refractivity contribution in [2.45, 2.75) is 18.9 Å². The Morgan fingerprint density at radius 1 is 1.11 bits per heavy atom. The van der Waals surface area contributed by atoms with E-state index in [1.165, 1.54) is 7.11 Å². The number of methoxy groups -OCH3 is 1. The molecule has 1 aromatic heterocycles. The molecule has 4 rings (SSSR count). The molecule has 7 nitrogen and oxygen atoms in total. The number of carbonyl (C=O) groups excluding carboxylic acids is 2. The van der Waals surface area contributed by atoms with Gasteiger partial charge in [0.05, 0.1) is 12.7 Å². The summed E-state index contributed by atoms with van der Waals surface area (Å²) in [5.41, 5.74) is 1.97. The van der Waals surface area contributed by atoms with Crippen LogP contribution in [0.5, 0.6) is 0 Å². The Labute approximate surface area is 156 Å². The third-order valence-corrected chi connectivity index (χ3v) is 5.30. The molecule has 0 radical (unpaired) electrons. The molecule has 2 amide bonds. The van der Waals surface area contributed by atoms with Gasteiger partial charge in [0.2, 0.25) is 0 Å². The van der Waals surface area contributed by atoms with Gasteiger partial charge in [-0.1, -0.05) is 12.1 Å². The number of hydrogen-bond acceptors (Lipinski definition) is 4. The largest absolute Gasteiger partial charge is 0.465 e. The Morgan fingerprint density at radius 2 is 1.93 bits per heavy atom. The number of piperidine rings is 1. The van der Waals surface area contributed by atoms with Gasteiger partial charge in [-0.15, -0.1) is 0 Å². The zero-order valence-corrected chi connectivity index (χ0v) is 15.1. The molecule has 0 unspecified atom stereocenters. The molecule has 2 aliphatic heterocycles. The maximum Gasteiger partial charge on any atom is 0.337 e. The fourth-order valence-electron chi connectivity index (χ4n) is 4.11. The minimum atomic E-state index is -0.444. The second kappa shape index (κ2) is 6.90. The maximum atomic E-state index is 12.8. The molecule has 140 valence electrons. The van der Waals surface area contributed by atoms with Crippen molar-refractivity contribution in [2.24, 2.45) is 5.92 Å². The number of rotatable bonds is 2. The van der Waals surface area contributed by atoms with Crippen LogP contribution in [0.25, 0.3) is 0 Å². The molecule has 2 bridgehead atoms. The van der Waals surface area contributed by atoms with Crippen LogP contribution in [0, 0.1) is 5.92 Å². The average molecular weight is 367 g/mol. The van der Waals surface area contributed by atoms with Gasteiger partial charge in [0, 0.05) is 43.0 Å². The summed E-state index contributed by atoms with van der Waals surface area (Å²) in [6.45, 7) is 1.83. The molecule has 0 spiro atoms. The molecule has 3 heterocycles. The van der Waals surface area contributed by atoms with Gasteiger partial charge in [-0.05, 0) is 36.6 Å². The SMILES string of the molecule is COC(=O)c1cccc(NC(=O)N2C[C@@H]3C[C@H](C2)c2cccc(=O)n2C3)c1. The van der Waals surface area contributed by atoms with E-state index in [1.807, 2.05) is 10.6 Å². The molecular weight excluding hydrogens is 346 g/mol. The Hall–Kier alpha value is -3.09. The number of likely N-dealkylation sites (tertiary alicyclic amines) is 1. The molecule has 0 aliphatic carbocycles. The molecule has 1 saturated heterocycles. The van der Waals surface area contributed by atoms with E-state index in [9.17, 15) is 14.4 Å². The zero-order chi connectivity index (χ0) is 19.0. The van der Waals surface area contributed by atoms with Crippen molar-refractivity contribution >= 4 is 17.7 Å². The lowest BCUT2D eigenvalue weighted by Crippen LogP contribution is -2.50. The number of anilines is 1. The lowest BCUT2D eigenvalue weighted by atomic mass is 9.83. The Kier molecular flexibility index (Phi) is 4.43. The van der Waals surface area contributed by atoms with Gasteiger partial charge in [-0.3, -0.25) is 4.79 Å². The van der Waals surface area contributed by atoms with Crippen molar-refractivity contribution in [1.29, 1.82) is 0 Å². The summed E-state index contributed by atoms with van der Waals surface area (Å²) in [5.74, 6) is -0.0114. The number of carbonyl (C=O) groups is 2. The first-order valence-corrected chi connectivity index (χ1v) is 8.99. The molecule has 2 aromatic rings. The molecule has 2 atom stereocenters. The fraction of sp³-hybridized carbons (Fsp3) is 0.350. The quantitative estimate of drug-likeness (QED) is 0.826. The van der Waals surface area contributed by atoms with E-state index < -0.39 is 5.97 Å². The average Bonchev–Trinajstić information content (AvgIpc) is 2.68. The number of pyridine rings is 1. The van der Waals surface area contributed by atoms with Crippen LogP contribution < -0.4 is 10.9 Å². The summed E-state index contributed by atoms with van der Waals surface area (Å²) in [7, 11) is 1.32. The van der Waals surface area contributed by atoms with Gasteiger partial charge in [0.25, 0.3) is 5.56 Å². The van der Waals surface area contributed by atoms with Gasteiger partial charge in [0.1, 0.15) is 0 Å². The van der Waals surface area contributed by atoms with E-state index in [0.717, 1.165) is 12.1 Å². The smallest absolute Gasteiger partial charge is 0.337 e. The predicted octanol–water partition coefficient (Wildman–Crippen LogP) is 2.29. The first-order chi connectivity index (χ1) is 13.0. The molecule has 2 aliphatic rings. The van der Waals surface area contributed by atoms with E-state index >= 15 is 0 Å². The minimum Gasteiger partial charge on any atom is -0.465 e. The molecule has 0 saturated carbocycles. The van der Waals surface area contributed by atoms with Crippen LogP contribution in [0.2, 0.25) is 0 Å². The van der Waals surface area contributed by atoms with Gasteiger partial charge >= 0.3 is 12.0 Å². The highest BCUT2D eigenvalue weighted by atomic mass is 16.5. The predicted molar refractivity (Wildman–Crippen MR) is 99.9 cm³/mol. The number of nitrogens with zero attached hydrogens (tertiary/aromatic N) is 2. The van der Waals surface area contributed by atoms with Crippen LogP contribution in [0.15, 0.2) is 47.3 Å². The number of fused-ring (bicyclic) bond motifs is 4. The number of ether oxygens (including phenoxy) is 1. The summed E-state index contributed by atoms with van der Waals surface area (Å²) in [6.07, 6.45) is 0.991. The van der Waals surface area contributed by atoms with E-state index in [1.54, 1.807) is 41.3 Å². The molecule has 1 fully saturated rings. The second-order valence-corrected chi connectivity index (χ2v) is 7.11. The third kappa shape index (κ3) is 3.32. The van der Waals surface area contributed by atoms with Crippen molar-refractivity contribution in [3.05, 3.63) is 64.1 Å². The standard InChI is InChI=1S/C20H21N3O4/c1-27-19(25)14-4-2-5-16(9-14)21-20(26)22-10-13-8-15(12-22)17-6-3-7-18(24)23(17)11-13/h2-7,9,13,15H,8,10-12H2,1H3,(H,21,26)/t13-,15+/m0/s1. The van der Waals surface area contributed by atoms with Crippen molar-refractivity contribution in [2.75, 3.05) is 25.5 Å². The number of benzene rings is 1. The highest BCUT2D eigenvalue weighted by Gasteiger charge is 2.36. The van der Waals surface area contributed by atoms with Crippen LogP contribution >= 0.6 is 0 Å². The first-order valence-electron chi connectivity index (χ1n) is 8.99.